The maximum absolute atomic E-state index is 13.5. The number of rotatable bonds is 6. The highest BCUT2D eigenvalue weighted by molar-refractivity contribution is 6.53. The van der Waals surface area contributed by atoms with Gasteiger partial charge >= 0.3 is 0 Å². The third-order valence-electron chi connectivity index (χ3n) is 4.52. The fraction of sp³-hybridized carbons (Fsp3) is 0.562. The highest BCUT2D eigenvalue weighted by Gasteiger charge is 2.76. The second-order valence-corrected chi connectivity index (χ2v) is 7.32. The summed E-state index contributed by atoms with van der Waals surface area (Å²) < 4.78 is 30.7. The lowest BCUT2D eigenvalue weighted by Gasteiger charge is -2.21. The Labute approximate surface area is 144 Å². The number of amides is 1. The Morgan fingerprint density at radius 3 is 2.57 bits per heavy atom. The molecule has 0 bridgehead atoms. The number of carbonyl (C=O) groups excluding carboxylic acids is 1. The molecule has 1 amide bonds. The molecule has 0 aromatic heterocycles. The summed E-state index contributed by atoms with van der Waals surface area (Å²) in [6.07, 6.45) is 0.513. The zero-order valence-electron chi connectivity index (χ0n) is 13.1. The monoisotopic (exact) mass is 365 g/mol. The molecule has 128 valence electrons. The molecule has 1 N–H and O–H groups in total. The molecular formula is C16H19Cl2F2NO2. The number of benzene rings is 1. The first-order chi connectivity index (χ1) is 10.7. The summed E-state index contributed by atoms with van der Waals surface area (Å²) in [5.41, 5.74) is -0.825. The van der Waals surface area contributed by atoms with Gasteiger partial charge in [0.25, 0.3) is 0 Å². The summed E-state index contributed by atoms with van der Waals surface area (Å²) in [5.74, 6) is -1.86. The lowest BCUT2D eigenvalue weighted by atomic mass is 9.99. The van der Waals surface area contributed by atoms with Crippen LogP contribution in [-0.4, -0.2) is 22.9 Å². The van der Waals surface area contributed by atoms with Crippen LogP contribution in [0, 0.1) is 23.0 Å². The first-order valence-corrected chi connectivity index (χ1v) is 8.19. The molecule has 0 unspecified atom stereocenters. The minimum absolute atomic E-state index is 0.00212. The minimum Gasteiger partial charge on any atom is -0.488 e. The maximum atomic E-state index is 13.5. The lowest BCUT2D eigenvalue weighted by molar-refractivity contribution is -0.127. The molecule has 23 heavy (non-hydrogen) atoms. The molecule has 2 rings (SSSR count). The van der Waals surface area contributed by atoms with E-state index >= 15 is 0 Å². The van der Waals surface area contributed by atoms with E-state index in [4.69, 9.17) is 27.9 Å². The van der Waals surface area contributed by atoms with Crippen molar-refractivity contribution in [2.45, 2.75) is 37.6 Å². The molecule has 1 fully saturated rings. The number of hydrogen-bond donors (Lipinski definition) is 1. The third kappa shape index (κ3) is 3.13. The van der Waals surface area contributed by atoms with Crippen LogP contribution in [0.15, 0.2) is 18.2 Å². The average molecular weight is 366 g/mol. The van der Waals surface area contributed by atoms with Crippen molar-refractivity contribution in [3.05, 3.63) is 29.8 Å². The van der Waals surface area contributed by atoms with Crippen LogP contribution in [0.2, 0.25) is 0 Å². The molecule has 3 nitrogen and oxygen atoms in total. The van der Waals surface area contributed by atoms with Crippen molar-refractivity contribution in [3.8, 4) is 5.75 Å². The van der Waals surface area contributed by atoms with Gasteiger partial charge in [-0.2, -0.15) is 0 Å². The fourth-order valence-electron chi connectivity index (χ4n) is 2.89. The molecule has 1 saturated carbocycles. The third-order valence-corrected chi connectivity index (χ3v) is 5.85. The lowest BCUT2D eigenvalue weighted by Crippen LogP contribution is -2.43. The van der Waals surface area contributed by atoms with E-state index in [2.05, 4.69) is 5.32 Å². The molecule has 0 radical (unpaired) electrons. The normalized spacial score (nSPS) is 26.5. The number of nitrogens with one attached hydrogen (secondary N) is 1. The SMILES string of the molecule is CC[C@@]1(C(=O)N[C@H](C)COc2cc(F)ccc2F)[C@H](C)C1(Cl)Cl. The van der Waals surface area contributed by atoms with Gasteiger partial charge in [0.15, 0.2) is 11.6 Å². The molecule has 1 aromatic rings. The van der Waals surface area contributed by atoms with Crippen molar-refractivity contribution in [3.63, 3.8) is 0 Å². The van der Waals surface area contributed by atoms with Crippen molar-refractivity contribution in [2.24, 2.45) is 11.3 Å². The van der Waals surface area contributed by atoms with Gasteiger partial charge in [0.1, 0.15) is 16.8 Å². The van der Waals surface area contributed by atoms with Crippen LogP contribution in [-0.2, 0) is 4.79 Å². The van der Waals surface area contributed by atoms with Crippen LogP contribution in [0.5, 0.6) is 5.75 Å². The van der Waals surface area contributed by atoms with E-state index in [9.17, 15) is 13.6 Å². The Morgan fingerprint density at radius 1 is 1.43 bits per heavy atom. The molecular weight excluding hydrogens is 347 g/mol. The van der Waals surface area contributed by atoms with Crippen LogP contribution in [0.25, 0.3) is 0 Å². The van der Waals surface area contributed by atoms with E-state index in [1.165, 1.54) is 0 Å². The van der Waals surface area contributed by atoms with Crippen LogP contribution >= 0.6 is 23.2 Å². The van der Waals surface area contributed by atoms with E-state index in [1.54, 1.807) is 6.92 Å². The second-order valence-electron chi connectivity index (χ2n) is 5.93. The molecule has 3 atom stereocenters. The molecule has 1 aromatic carbocycles. The standard InChI is InChI=1S/C16H19Cl2F2NO2/c1-4-15(10(3)16(15,17)18)14(22)21-9(2)8-23-13-7-11(19)5-6-12(13)20/h5-7,9-10H,4,8H2,1-3H3,(H,21,22)/t9-,10+,15+/m1/s1. The summed E-state index contributed by atoms with van der Waals surface area (Å²) in [7, 11) is 0. The average Bonchev–Trinajstić information content (AvgIpc) is 2.93. The van der Waals surface area contributed by atoms with E-state index in [-0.39, 0.29) is 24.2 Å². The molecule has 1 aliphatic carbocycles. The summed E-state index contributed by atoms with van der Waals surface area (Å²) >= 11 is 12.4. The highest BCUT2D eigenvalue weighted by atomic mass is 35.5. The molecule has 0 aliphatic heterocycles. The predicted molar refractivity (Wildman–Crippen MR) is 85.8 cm³/mol. The van der Waals surface area contributed by atoms with Gasteiger partial charge in [-0.15, -0.1) is 23.2 Å². The topological polar surface area (TPSA) is 38.3 Å². The molecule has 0 spiro atoms. The van der Waals surface area contributed by atoms with E-state index in [0.717, 1.165) is 18.2 Å². The first kappa shape index (κ1) is 18.3. The van der Waals surface area contributed by atoms with Crippen LogP contribution < -0.4 is 10.1 Å². The van der Waals surface area contributed by atoms with Crippen molar-refractivity contribution >= 4 is 29.1 Å². The van der Waals surface area contributed by atoms with Crippen LogP contribution in [0.3, 0.4) is 0 Å². The van der Waals surface area contributed by atoms with Crippen molar-refractivity contribution in [1.82, 2.24) is 5.32 Å². The summed E-state index contributed by atoms with van der Waals surface area (Å²) in [5, 5.41) is 2.77. The number of hydrogen-bond acceptors (Lipinski definition) is 2. The molecule has 7 heteroatoms. The predicted octanol–water partition coefficient (Wildman–Crippen LogP) is 4.07. The molecule has 0 heterocycles. The van der Waals surface area contributed by atoms with Crippen molar-refractivity contribution in [1.29, 1.82) is 0 Å². The largest absolute Gasteiger partial charge is 0.488 e. The van der Waals surface area contributed by atoms with Gasteiger partial charge in [0, 0.05) is 12.0 Å². The Morgan fingerprint density at radius 2 is 2.04 bits per heavy atom. The Kier molecular flexibility index (Phi) is 5.12. The molecule has 1 aliphatic rings. The Balaban J connectivity index is 1.94. The van der Waals surface area contributed by atoms with E-state index in [0.29, 0.717) is 6.42 Å². The summed E-state index contributed by atoms with van der Waals surface area (Å²) in [6, 6.07) is 2.54. The Hall–Kier alpha value is -1.07. The summed E-state index contributed by atoms with van der Waals surface area (Å²) in [6.45, 7) is 5.38. The summed E-state index contributed by atoms with van der Waals surface area (Å²) in [4.78, 5) is 12.5. The van der Waals surface area contributed by atoms with Gasteiger partial charge in [-0.05, 0) is 25.5 Å². The van der Waals surface area contributed by atoms with Gasteiger partial charge < -0.3 is 10.1 Å². The van der Waals surface area contributed by atoms with Crippen LogP contribution in [0.1, 0.15) is 27.2 Å². The van der Waals surface area contributed by atoms with E-state index in [1.807, 2.05) is 13.8 Å². The van der Waals surface area contributed by atoms with E-state index < -0.39 is 27.4 Å². The smallest absolute Gasteiger partial charge is 0.229 e. The van der Waals surface area contributed by atoms with Gasteiger partial charge in [-0.1, -0.05) is 13.8 Å². The van der Waals surface area contributed by atoms with Gasteiger partial charge in [0.2, 0.25) is 5.91 Å². The highest BCUT2D eigenvalue weighted by Crippen LogP contribution is 2.70. The van der Waals surface area contributed by atoms with Gasteiger partial charge in [-0.25, -0.2) is 8.78 Å². The van der Waals surface area contributed by atoms with Gasteiger partial charge in [-0.3, -0.25) is 4.79 Å². The Bertz CT molecular complexity index is 612. The first-order valence-electron chi connectivity index (χ1n) is 7.43. The van der Waals surface area contributed by atoms with Gasteiger partial charge in [0.05, 0.1) is 11.5 Å². The van der Waals surface area contributed by atoms with Crippen molar-refractivity contribution in [2.75, 3.05) is 6.61 Å². The number of alkyl halides is 2. The maximum Gasteiger partial charge on any atom is 0.229 e. The fourth-order valence-corrected chi connectivity index (χ4v) is 3.92. The van der Waals surface area contributed by atoms with Crippen LogP contribution in [0.4, 0.5) is 8.78 Å². The quantitative estimate of drug-likeness (QED) is 0.771. The van der Waals surface area contributed by atoms with Crippen molar-refractivity contribution < 1.29 is 18.3 Å². The zero-order chi connectivity index (χ0) is 17.4. The second kappa shape index (κ2) is 6.44. The minimum atomic E-state index is -1.08. The number of halogens is 4. The number of carbonyl (C=O) groups is 1. The molecule has 0 saturated heterocycles. The number of ether oxygens (including phenoxy) is 1. The zero-order valence-corrected chi connectivity index (χ0v) is 14.6.